The minimum atomic E-state index is -0.397. The lowest BCUT2D eigenvalue weighted by Gasteiger charge is -2.20. The number of rotatable bonds is 8. The highest BCUT2D eigenvalue weighted by Crippen LogP contribution is 2.26. The molecular formula is C23H27N3O3S. The lowest BCUT2D eigenvalue weighted by Crippen LogP contribution is -2.32. The third kappa shape index (κ3) is 4.84. The van der Waals surface area contributed by atoms with Crippen LogP contribution in [0.4, 0.5) is 0 Å². The molecule has 0 unspecified atom stereocenters. The van der Waals surface area contributed by atoms with Crippen molar-refractivity contribution in [1.29, 1.82) is 0 Å². The molecule has 1 N–H and O–H groups in total. The van der Waals surface area contributed by atoms with Crippen molar-refractivity contribution in [2.75, 3.05) is 7.11 Å². The molecule has 6 nitrogen and oxygen atoms in total. The molecule has 1 amide bonds. The van der Waals surface area contributed by atoms with Gasteiger partial charge in [-0.15, -0.1) is 0 Å². The first-order chi connectivity index (χ1) is 14.4. The lowest BCUT2D eigenvalue weighted by atomic mass is 10.2. The molecular weight excluding hydrogens is 398 g/mol. The number of amides is 1. The molecule has 3 aromatic rings. The number of thioether (sulfide) groups is 1. The van der Waals surface area contributed by atoms with Crippen LogP contribution in [0.3, 0.4) is 0 Å². The van der Waals surface area contributed by atoms with Crippen molar-refractivity contribution in [3.05, 3.63) is 64.4 Å². The van der Waals surface area contributed by atoms with Gasteiger partial charge in [-0.2, -0.15) is 0 Å². The lowest BCUT2D eigenvalue weighted by molar-refractivity contribution is -0.120. The van der Waals surface area contributed by atoms with Crippen LogP contribution < -0.4 is 15.6 Å². The summed E-state index contributed by atoms with van der Waals surface area (Å²) in [4.78, 5) is 30.4. The van der Waals surface area contributed by atoms with E-state index in [1.54, 1.807) is 17.7 Å². The maximum atomic E-state index is 13.1. The zero-order valence-corrected chi connectivity index (χ0v) is 18.5. The first-order valence-electron chi connectivity index (χ1n) is 10.0. The number of nitrogens with one attached hydrogen (secondary N) is 1. The zero-order chi connectivity index (χ0) is 21.7. The van der Waals surface area contributed by atoms with Gasteiger partial charge in [-0.25, -0.2) is 4.98 Å². The average molecular weight is 426 g/mol. The molecule has 0 aliphatic rings. The van der Waals surface area contributed by atoms with Gasteiger partial charge in [0.05, 0.1) is 23.3 Å². The minimum Gasteiger partial charge on any atom is -0.497 e. The molecule has 0 saturated carbocycles. The van der Waals surface area contributed by atoms with Gasteiger partial charge in [0.15, 0.2) is 5.16 Å². The van der Waals surface area contributed by atoms with Crippen molar-refractivity contribution in [2.24, 2.45) is 0 Å². The molecule has 0 aliphatic carbocycles. The van der Waals surface area contributed by atoms with Gasteiger partial charge < -0.3 is 10.1 Å². The summed E-state index contributed by atoms with van der Waals surface area (Å²) >= 11 is 1.31. The van der Waals surface area contributed by atoms with Crippen molar-refractivity contribution in [2.45, 2.75) is 50.2 Å². The van der Waals surface area contributed by atoms with Gasteiger partial charge in [0.2, 0.25) is 5.91 Å². The summed E-state index contributed by atoms with van der Waals surface area (Å²) in [6.45, 7) is 6.29. The average Bonchev–Trinajstić information content (AvgIpc) is 2.77. The highest BCUT2D eigenvalue weighted by Gasteiger charge is 2.21. The molecule has 3 rings (SSSR count). The number of methoxy groups -OCH3 is 1. The number of fused-ring (bicyclic) bond motifs is 1. The van der Waals surface area contributed by atoms with E-state index in [1.807, 2.05) is 63.2 Å². The highest BCUT2D eigenvalue weighted by molar-refractivity contribution is 8.00. The van der Waals surface area contributed by atoms with E-state index in [-0.39, 0.29) is 17.5 Å². The smallest absolute Gasteiger partial charge is 0.262 e. The van der Waals surface area contributed by atoms with Crippen molar-refractivity contribution < 1.29 is 9.53 Å². The van der Waals surface area contributed by atoms with E-state index in [0.29, 0.717) is 22.6 Å². The van der Waals surface area contributed by atoms with Gasteiger partial charge in [0.25, 0.3) is 5.56 Å². The fourth-order valence-corrected chi connectivity index (χ4v) is 4.10. The third-order valence-corrected chi connectivity index (χ3v) is 6.15. The highest BCUT2D eigenvalue weighted by atomic mass is 32.2. The van der Waals surface area contributed by atoms with Crippen molar-refractivity contribution in [3.63, 3.8) is 0 Å². The number of carbonyl (C=O) groups is 1. The molecule has 0 aliphatic heterocycles. The summed E-state index contributed by atoms with van der Waals surface area (Å²) in [6.07, 6.45) is 0.797. The van der Waals surface area contributed by atoms with Crippen molar-refractivity contribution in [3.8, 4) is 5.75 Å². The summed E-state index contributed by atoms with van der Waals surface area (Å²) in [6, 6.07) is 14.9. The number of hydrogen-bond acceptors (Lipinski definition) is 5. The number of para-hydroxylation sites is 1. The quantitative estimate of drug-likeness (QED) is 0.433. The SMILES string of the molecule is CC[C@@H](C)n1c(S[C@H](C)C(=O)NCc2ccc(OC)cc2)nc2ccccc2c1=O. The molecule has 1 aromatic heterocycles. The number of aromatic nitrogens is 2. The third-order valence-electron chi connectivity index (χ3n) is 5.08. The van der Waals surface area contributed by atoms with Crippen LogP contribution in [0, 0.1) is 0 Å². The predicted octanol–water partition coefficient (Wildman–Crippen LogP) is 4.17. The first-order valence-corrected chi connectivity index (χ1v) is 10.9. The summed E-state index contributed by atoms with van der Waals surface area (Å²) in [7, 11) is 1.62. The van der Waals surface area contributed by atoms with Gasteiger partial charge in [0.1, 0.15) is 5.75 Å². The van der Waals surface area contributed by atoms with Gasteiger partial charge >= 0.3 is 0 Å². The van der Waals surface area contributed by atoms with E-state index in [2.05, 4.69) is 5.32 Å². The van der Waals surface area contributed by atoms with Gasteiger partial charge in [-0.3, -0.25) is 14.2 Å². The van der Waals surface area contributed by atoms with E-state index in [9.17, 15) is 9.59 Å². The molecule has 0 radical (unpaired) electrons. The van der Waals surface area contributed by atoms with Crippen LogP contribution in [0.5, 0.6) is 5.75 Å². The van der Waals surface area contributed by atoms with Crippen LogP contribution >= 0.6 is 11.8 Å². The normalized spacial score (nSPS) is 13.1. The summed E-state index contributed by atoms with van der Waals surface area (Å²) < 4.78 is 6.86. The molecule has 2 aromatic carbocycles. The second kappa shape index (κ2) is 9.80. The van der Waals surface area contributed by atoms with Crippen LogP contribution in [-0.2, 0) is 11.3 Å². The van der Waals surface area contributed by atoms with Gasteiger partial charge in [0, 0.05) is 12.6 Å². The first kappa shape index (κ1) is 21.9. The molecule has 0 bridgehead atoms. The van der Waals surface area contributed by atoms with Crippen molar-refractivity contribution in [1.82, 2.24) is 14.9 Å². The van der Waals surface area contributed by atoms with E-state index >= 15 is 0 Å². The molecule has 2 atom stereocenters. The van der Waals surface area contributed by atoms with E-state index in [4.69, 9.17) is 9.72 Å². The van der Waals surface area contributed by atoms with Crippen molar-refractivity contribution >= 4 is 28.6 Å². The predicted molar refractivity (Wildman–Crippen MR) is 121 cm³/mol. The minimum absolute atomic E-state index is 0.00772. The summed E-state index contributed by atoms with van der Waals surface area (Å²) in [5.41, 5.74) is 1.57. The van der Waals surface area contributed by atoms with Crippen LogP contribution in [0.25, 0.3) is 10.9 Å². The van der Waals surface area contributed by atoms with E-state index < -0.39 is 5.25 Å². The van der Waals surface area contributed by atoms with Crippen LogP contribution in [0.2, 0.25) is 0 Å². The Kier molecular flexibility index (Phi) is 7.15. The second-order valence-electron chi connectivity index (χ2n) is 7.17. The Morgan fingerprint density at radius 3 is 2.53 bits per heavy atom. The topological polar surface area (TPSA) is 73.2 Å². The van der Waals surface area contributed by atoms with E-state index in [0.717, 1.165) is 17.7 Å². The molecule has 0 spiro atoms. The Morgan fingerprint density at radius 2 is 1.87 bits per heavy atom. The monoisotopic (exact) mass is 425 g/mol. The standard InChI is InChI=1S/C23H27N3O3S/c1-5-15(2)26-22(28)19-8-6-7-9-20(19)25-23(26)30-16(3)21(27)24-14-17-10-12-18(29-4)13-11-17/h6-13,15-16H,5,14H2,1-4H3,(H,24,27)/t15-,16-/m1/s1. The van der Waals surface area contributed by atoms with Crippen LogP contribution in [-0.4, -0.2) is 27.8 Å². The van der Waals surface area contributed by atoms with E-state index in [1.165, 1.54) is 11.8 Å². The summed E-state index contributed by atoms with van der Waals surface area (Å²) in [5.74, 6) is 0.674. The Bertz CT molecular complexity index is 1080. The Balaban J connectivity index is 1.78. The van der Waals surface area contributed by atoms with Crippen LogP contribution in [0.15, 0.2) is 58.5 Å². The zero-order valence-electron chi connectivity index (χ0n) is 17.7. The molecule has 0 saturated heterocycles. The Hall–Kier alpha value is -2.80. The molecule has 30 heavy (non-hydrogen) atoms. The van der Waals surface area contributed by atoms with Crippen LogP contribution in [0.1, 0.15) is 38.8 Å². The summed E-state index contributed by atoms with van der Waals surface area (Å²) in [5, 5.41) is 3.72. The molecule has 158 valence electrons. The number of ether oxygens (including phenoxy) is 1. The maximum absolute atomic E-state index is 13.1. The fraction of sp³-hybridized carbons (Fsp3) is 0.348. The Morgan fingerprint density at radius 1 is 1.17 bits per heavy atom. The Labute approximate surface area is 180 Å². The molecule has 0 fully saturated rings. The molecule has 7 heteroatoms. The van der Waals surface area contributed by atoms with Gasteiger partial charge in [-0.1, -0.05) is 43.0 Å². The number of carbonyl (C=O) groups excluding carboxylic acids is 1. The number of nitrogens with zero attached hydrogens (tertiary/aromatic N) is 2. The fourth-order valence-electron chi connectivity index (χ4n) is 3.07. The van der Waals surface area contributed by atoms with Gasteiger partial charge in [-0.05, 0) is 50.1 Å². The number of benzene rings is 2. The number of hydrogen-bond donors (Lipinski definition) is 1. The molecule has 1 heterocycles. The second-order valence-corrected chi connectivity index (χ2v) is 8.48. The maximum Gasteiger partial charge on any atom is 0.262 e. The largest absolute Gasteiger partial charge is 0.497 e.